The highest BCUT2D eigenvalue weighted by atomic mass is 32.2. The molecule has 0 spiro atoms. The summed E-state index contributed by atoms with van der Waals surface area (Å²) in [6.45, 7) is 6.32. The van der Waals surface area contributed by atoms with Crippen LogP contribution in [0.2, 0.25) is 0 Å². The number of aryl methyl sites for hydroxylation is 1. The SMILES string of the molecule is CNC(CS(=O)c1cccc(C)c1)C(C)C. The third kappa shape index (κ3) is 3.72. The molecule has 0 aliphatic rings. The zero-order chi connectivity index (χ0) is 12.1. The molecular weight excluding hydrogens is 218 g/mol. The number of nitrogens with one attached hydrogen (secondary N) is 1. The average molecular weight is 239 g/mol. The van der Waals surface area contributed by atoms with E-state index in [9.17, 15) is 4.21 Å². The minimum Gasteiger partial charge on any atom is -0.316 e. The van der Waals surface area contributed by atoms with Gasteiger partial charge in [0.25, 0.3) is 0 Å². The molecule has 3 heteroatoms. The predicted octanol–water partition coefficient (Wildman–Crippen LogP) is 2.35. The van der Waals surface area contributed by atoms with Crippen molar-refractivity contribution in [1.29, 1.82) is 0 Å². The van der Waals surface area contributed by atoms with Crippen LogP contribution in [0, 0.1) is 12.8 Å². The van der Waals surface area contributed by atoms with Crippen LogP contribution in [0.25, 0.3) is 0 Å². The lowest BCUT2D eigenvalue weighted by Gasteiger charge is -2.19. The Labute approximate surface area is 101 Å². The van der Waals surface area contributed by atoms with Crippen LogP contribution in [-0.4, -0.2) is 23.1 Å². The van der Waals surface area contributed by atoms with E-state index in [4.69, 9.17) is 0 Å². The average Bonchev–Trinajstić information content (AvgIpc) is 2.25. The van der Waals surface area contributed by atoms with E-state index in [2.05, 4.69) is 19.2 Å². The molecule has 1 aromatic carbocycles. The van der Waals surface area contributed by atoms with E-state index in [0.29, 0.717) is 17.7 Å². The second kappa shape index (κ2) is 6.16. The van der Waals surface area contributed by atoms with Crippen LogP contribution in [0.3, 0.4) is 0 Å². The summed E-state index contributed by atoms with van der Waals surface area (Å²) < 4.78 is 12.1. The van der Waals surface area contributed by atoms with E-state index in [1.54, 1.807) is 0 Å². The van der Waals surface area contributed by atoms with Crippen LogP contribution in [0.4, 0.5) is 0 Å². The number of hydrogen-bond donors (Lipinski definition) is 1. The molecule has 1 aromatic rings. The van der Waals surface area contributed by atoms with Crippen molar-refractivity contribution >= 4 is 10.8 Å². The van der Waals surface area contributed by atoms with Gasteiger partial charge in [0, 0.05) is 16.7 Å². The second-order valence-corrected chi connectivity index (χ2v) is 5.96. The minimum absolute atomic E-state index is 0.307. The Bertz CT molecular complexity index is 363. The fraction of sp³-hybridized carbons (Fsp3) is 0.538. The van der Waals surface area contributed by atoms with Crippen molar-refractivity contribution in [2.45, 2.75) is 31.7 Å². The molecule has 0 amide bonds. The summed E-state index contributed by atoms with van der Waals surface area (Å²) >= 11 is 0. The highest BCUT2D eigenvalue weighted by Crippen LogP contribution is 2.12. The Hall–Kier alpha value is -0.670. The van der Waals surface area contributed by atoms with Crippen LogP contribution >= 0.6 is 0 Å². The molecule has 2 atom stereocenters. The maximum atomic E-state index is 12.1. The molecule has 0 heterocycles. The van der Waals surface area contributed by atoms with Gasteiger partial charge in [-0.25, -0.2) is 0 Å². The van der Waals surface area contributed by atoms with Crippen LogP contribution in [0.5, 0.6) is 0 Å². The Balaban J connectivity index is 2.72. The Morgan fingerprint density at radius 2 is 2.06 bits per heavy atom. The quantitative estimate of drug-likeness (QED) is 0.854. The minimum atomic E-state index is -0.907. The van der Waals surface area contributed by atoms with Crippen molar-refractivity contribution in [1.82, 2.24) is 5.32 Å². The van der Waals surface area contributed by atoms with Crippen molar-refractivity contribution in [2.75, 3.05) is 12.8 Å². The summed E-state index contributed by atoms with van der Waals surface area (Å²) in [5, 5.41) is 3.22. The van der Waals surface area contributed by atoms with Crippen LogP contribution in [0.15, 0.2) is 29.2 Å². The van der Waals surface area contributed by atoms with E-state index < -0.39 is 10.8 Å². The molecule has 0 fully saturated rings. The van der Waals surface area contributed by atoms with Gasteiger partial charge in [-0.05, 0) is 37.6 Å². The molecule has 2 unspecified atom stereocenters. The van der Waals surface area contributed by atoms with E-state index in [-0.39, 0.29) is 0 Å². The summed E-state index contributed by atoms with van der Waals surface area (Å²) in [5.41, 5.74) is 1.16. The fourth-order valence-corrected chi connectivity index (χ4v) is 3.24. The highest BCUT2D eigenvalue weighted by Gasteiger charge is 2.15. The van der Waals surface area contributed by atoms with Crippen molar-refractivity contribution < 1.29 is 4.21 Å². The molecule has 0 aliphatic carbocycles. The van der Waals surface area contributed by atoms with Gasteiger partial charge in [-0.15, -0.1) is 0 Å². The van der Waals surface area contributed by atoms with Gasteiger partial charge in [0.05, 0.1) is 10.8 Å². The topological polar surface area (TPSA) is 29.1 Å². The number of hydrogen-bond acceptors (Lipinski definition) is 2. The Kier molecular flexibility index (Phi) is 5.16. The van der Waals surface area contributed by atoms with Gasteiger partial charge in [-0.2, -0.15) is 0 Å². The molecule has 0 saturated carbocycles. The van der Waals surface area contributed by atoms with Gasteiger partial charge in [0.2, 0.25) is 0 Å². The maximum absolute atomic E-state index is 12.1. The summed E-state index contributed by atoms with van der Waals surface area (Å²) in [5.74, 6) is 1.18. The first-order valence-corrected chi connectivity index (χ1v) is 6.98. The lowest BCUT2D eigenvalue weighted by molar-refractivity contribution is 0.461. The Morgan fingerprint density at radius 1 is 1.38 bits per heavy atom. The van der Waals surface area contributed by atoms with Gasteiger partial charge in [-0.1, -0.05) is 26.0 Å². The lowest BCUT2D eigenvalue weighted by Crippen LogP contribution is -2.35. The predicted molar refractivity (Wildman–Crippen MR) is 70.1 cm³/mol. The maximum Gasteiger partial charge on any atom is 0.0545 e. The molecule has 0 aliphatic heterocycles. The molecular formula is C13H21NOS. The second-order valence-electron chi connectivity index (χ2n) is 4.47. The smallest absolute Gasteiger partial charge is 0.0545 e. The molecule has 90 valence electrons. The lowest BCUT2D eigenvalue weighted by atomic mass is 10.1. The summed E-state index contributed by atoms with van der Waals surface area (Å²) in [7, 11) is 1.02. The van der Waals surface area contributed by atoms with Crippen LogP contribution in [0.1, 0.15) is 19.4 Å². The van der Waals surface area contributed by atoms with E-state index in [1.807, 2.05) is 38.2 Å². The molecule has 0 aromatic heterocycles. The third-order valence-electron chi connectivity index (χ3n) is 2.76. The molecule has 1 rings (SSSR count). The standard InChI is InChI=1S/C13H21NOS/c1-10(2)13(14-4)9-16(15)12-7-5-6-11(3)8-12/h5-8,10,13-14H,9H2,1-4H3. The van der Waals surface area contributed by atoms with Gasteiger partial charge >= 0.3 is 0 Å². The Morgan fingerprint density at radius 3 is 2.56 bits per heavy atom. The van der Waals surface area contributed by atoms with Crippen LogP contribution in [-0.2, 0) is 10.8 Å². The molecule has 0 bridgehead atoms. The van der Waals surface area contributed by atoms with E-state index >= 15 is 0 Å². The first-order valence-electron chi connectivity index (χ1n) is 5.67. The van der Waals surface area contributed by atoms with Crippen molar-refractivity contribution in [3.8, 4) is 0 Å². The summed E-state index contributed by atoms with van der Waals surface area (Å²) in [6.07, 6.45) is 0. The van der Waals surface area contributed by atoms with Gasteiger partial charge in [-0.3, -0.25) is 4.21 Å². The summed E-state index contributed by atoms with van der Waals surface area (Å²) in [4.78, 5) is 0.931. The first-order chi connectivity index (χ1) is 7.54. The molecule has 2 nitrogen and oxygen atoms in total. The van der Waals surface area contributed by atoms with E-state index in [0.717, 1.165) is 10.5 Å². The zero-order valence-electron chi connectivity index (χ0n) is 10.5. The molecule has 0 radical (unpaired) electrons. The van der Waals surface area contributed by atoms with Crippen molar-refractivity contribution in [3.63, 3.8) is 0 Å². The first kappa shape index (κ1) is 13.4. The van der Waals surface area contributed by atoms with Crippen molar-refractivity contribution in [2.24, 2.45) is 5.92 Å². The molecule has 0 saturated heterocycles. The molecule has 1 N–H and O–H groups in total. The number of rotatable bonds is 5. The fourth-order valence-electron chi connectivity index (χ4n) is 1.63. The number of benzene rings is 1. The zero-order valence-corrected chi connectivity index (χ0v) is 11.3. The monoisotopic (exact) mass is 239 g/mol. The van der Waals surface area contributed by atoms with Crippen molar-refractivity contribution in [3.05, 3.63) is 29.8 Å². The molecule has 16 heavy (non-hydrogen) atoms. The highest BCUT2D eigenvalue weighted by molar-refractivity contribution is 7.85. The summed E-state index contributed by atoms with van der Waals surface area (Å²) in [6, 6.07) is 8.24. The normalized spacial score (nSPS) is 15.1. The van der Waals surface area contributed by atoms with Gasteiger partial charge < -0.3 is 5.32 Å². The van der Waals surface area contributed by atoms with Gasteiger partial charge in [0.15, 0.2) is 0 Å². The van der Waals surface area contributed by atoms with Gasteiger partial charge in [0.1, 0.15) is 0 Å². The van der Waals surface area contributed by atoms with E-state index in [1.165, 1.54) is 0 Å². The van der Waals surface area contributed by atoms with Crippen LogP contribution < -0.4 is 5.32 Å². The largest absolute Gasteiger partial charge is 0.316 e. The third-order valence-corrected chi connectivity index (χ3v) is 4.20.